The summed E-state index contributed by atoms with van der Waals surface area (Å²) in [6.45, 7) is 3.35. The van der Waals surface area contributed by atoms with Crippen LogP contribution in [0.2, 0.25) is 0 Å². The number of para-hydroxylation sites is 1. The minimum atomic E-state index is -0.912. The fourth-order valence-electron chi connectivity index (χ4n) is 6.29. The third kappa shape index (κ3) is 1.97. The van der Waals surface area contributed by atoms with E-state index in [1.165, 1.54) is 7.11 Å². The molecule has 6 heteroatoms. The third-order valence-electron chi connectivity index (χ3n) is 7.06. The maximum Gasteiger partial charge on any atom is 0.319 e. The number of aromatic nitrogens is 1. The largest absolute Gasteiger partial charge is 0.468 e. The van der Waals surface area contributed by atoms with Gasteiger partial charge in [-0.15, -0.1) is 0 Å². The first-order chi connectivity index (χ1) is 13.0. The van der Waals surface area contributed by atoms with Crippen molar-refractivity contribution < 1.29 is 19.4 Å². The number of hydrogen-bond acceptors (Lipinski definition) is 5. The molecule has 1 aromatic heterocycles. The highest BCUT2D eigenvalue weighted by molar-refractivity contribution is 6.02. The number of carbonyl (C=O) groups excluding carboxylic acids is 2. The van der Waals surface area contributed by atoms with Crippen LogP contribution in [0.25, 0.3) is 10.9 Å². The lowest BCUT2D eigenvalue weighted by molar-refractivity contribution is -0.175. The smallest absolute Gasteiger partial charge is 0.319 e. The molecule has 2 aromatic rings. The number of esters is 1. The predicted octanol–water partition coefficient (Wildman–Crippen LogP) is 1.93. The Morgan fingerprint density at radius 2 is 2.19 bits per heavy atom. The molecule has 142 valence electrons. The number of aliphatic hydroxyl groups excluding tert-OH is 1. The highest BCUT2D eigenvalue weighted by Gasteiger charge is 2.65. The molecule has 2 saturated heterocycles. The number of benzene rings is 1. The molecular formula is C21H24N2O4. The first-order valence-electron chi connectivity index (χ1n) is 9.60. The van der Waals surface area contributed by atoms with Gasteiger partial charge in [0.15, 0.2) is 6.29 Å². The summed E-state index contributed by atoms with van der Waals surface area (Å²) in [4.78, 5) is 27.8. The number of carbonyl (C=O) groups is 2. The van der Waals surface area contributed by atoms with E-state index in [-0.39, 0.29) is 17.9 Å². The Morgan fingerprint density at radius 1 is 1.41 bits per heavy atom. The Labute approximate surface area is 157 Å². The first-order valence-corrected chi connectivity index (χ1v) is 9.60. The molecule has 0 amide bonds. The van der Waals surface area contributed by atoms with Crippen LogP contribution in [0.1, 0.15) is 35.8 Å². The van der Waals surface area contributed by atoms with E-state index in [1.807, 2.05) is 31.2 Å². The number of aliphatic hydroxyl groups is 1. The Morgan fingerprint density at radius 3 is 2.89 bits per heavy atom. The molecule has 0 radical (unpaired) electrons. The molecule has 3 aliphatic heterocycles. The van der Waals surface area contributed by atoms with E-state index in [9.17, 15) is 14.7 Å². The molecule has 2 unspecified atom stereocenters. The van der Waals surface area contributed by atoms with Crippen LogP contribution in [0.4, 0.5) is 0 Å². The maximum absolute atomic E-state index is 13.3. The van der Waals surface area contributed by atoms with Crippen LogP contribution in [0, 0.1) is 11.8 Å². The molecule has 6 rings (SSSR count). The minimum Gasteiger partial charge on any atom is -0.468 e. The summed E-state index contributed by atoms with van der Waals surface area (Å²) in [7, 11) is 1.42. The summed E-state index contributed by atoms with van der Waals surface area (Å²) in [5.41, 5.74) is 1.43. The van der Waals surface area contributed by atoms with Gasteiger partial charge in [0.05, 0.1) is 25.4 Å². The average Bonchev–Trinajstić information content (AvgIpc) is 3.01. The van der Waals surface area contributed by atoms with Crippen molar-refractivity contribution in [2.24, 2.45) is 11.8 Å². The highest BCUT2D eigenvalue weighted by atomic mass is 16.5. The normalized spacial score (nSPS) is 34.9. The maximum atomic E-state index is 13.3. The topological polar surface area (TPSA) is 71.8 Å². The lowest BCUT2D eigenvalue weighted by Gasteiger charge is -2.62. The zero-order valence-electron chi connectivity index (χ0n) is 15.6. The van der Waals surface area contributed by atoms with Gasteiger partial charge in [-0.3, -0.25) is 14.5 Å². The molecule has 27 heavy (non-hydrogen) atoms. The van der Waals surface area contributed by atoms with E-state index in [0.717, 1.165) is 35.8 Å². The van der Waals surface area contributed by atoms with Gasteiger partial charge in [-0.25, -0.2) is 0 Å². The molecule has 1 saturated carbocycles. The first kappa shape index (κ1) is 17.0. The summed E-state index contributed by atoms with van der Waals surface area (Å²) in [5.74, 6) is 0.00207. The van der Waals surface area contributed by atoms with Crippen molar-refractivity contribution in [2.45, 2.75) is 44.0 Å². The van der Waals surface area contributed by atoms with Crippen molar-refractivity contribution in [3.8, 4) is 0 Å². The third-order valence-corrected chi connectivity index (χ3v) is 7.06. The Balaban J connectivity index is 1.86. The highest BCUT2D eigenvalue weighted by Crippen LogP contribution is 2.56. The van der Waals surface area contributed by atoms with Crippen molar-refractivity contribution in [3.63, 3.8) is 0 Å². The number of methoxy groups -OCH3 is 1. The summed E-state index contributed by atoms with van der Waals surface area (Å²) >= 11 is 0. The van der Waals surface area contributed by atoms with Gasteiger partial charge < -0.3 is 14.4 Å². The summed E-state index contributed by atoms with van der Waals surface area (Å²) in [6, 6.07) is 7.68. The van der Waals surface area contributed by atoms with E-state index >= 15 is 0 Å². The van der Waals surface area contributed by atoms with Crippen LogP contribution in [-0.2, 0) is 21.6 Å². The molecule has 6 nitrogen and oxygen atoms in total. The number of piperidine rings is 2. The van der Waals surface area contributed by atoms with Crippen molar-refractivity contribution >= 4 is 23.2 Å². The average molecular weight is 368 g/mol. The number of aldehydes is 1. The molecule has 4 heterocycles. The zero-order chi connectivity index (χ0) is 18.9. The number of rotatable bonds is 3. The molecule has 0 spiro atoms. The van der Waals surface area contributed by atoms with Gasteiger partial charge in [-0.05, 0) is 31.7 Å². The van der Waals surface area contributed by atoms with Crippen molar-refractivity contribution in [1.82, 2.24) is 9.47 Å². The number of ether oxygens (including phenoxy) is 1. The van der Waals surface area contributed by atoms with Crippen LogP contribution in [0.3, 0.4) is 0 Å². The van der Waals surface area contributed by atoms with Gasteiger partial charge in [-0.2, -0.15) is 0 Å². The Hall–Kier alpha value is -2.18. The van der Waals surface area contributed by atoms with Gasteiger partial charge in [0.2, 0.25) is 0 Å². The summed E-state index contributed by atoms with van der Waals surface area (Å²) in [6.07, 6.45) is 1.95. The lowest BCUT2D eigenvalue weighted by atomic mass is 9.54. The van der Waals surface area contributed by atoms with Crippen molar-refractivity contribution in [3.05, 3.63) is 35.5 Å². The number of nitrogens with zero attached hydrogens (tertiary/aromatic N) is 2. The van der Waals surface area contributed by atoms with Crippen LogP contribution in [0.5, 0.6) is 0 Å². The lowest BCUT2D eigenvalue weighted by Crippen LogP contribution is -2.72. The quantitative estimate of drug-likeness (QED) is 0.662. The van der Waals surface area contributed by atoms with Gasteiger partial charge in [0, 0.05) is 35.1 Å². The predicted molar refractivity (Wildman–Crippen MR) is 99.4 cm³/mol. The van der Waals surface area contributed by atoms with Crippen LogP contribution >= 0.6 is 0 Å². The molecule has 1 aliphatic carbocycles. The number of hydrogen-bond donors (Lipinski definition) is 1. The van der Waals surface area contributed by atoms with E-state index in [2.05, 4.69) is 9.47 Å². The van der Waals surface area contributed by atoms with Crippen LogP contribution in [0.15, 0.2) is 24.3 Å². The van der Waals surface area contributed by atoms with Crippen molar-refractivity contribution in [2.75, 3.05) is 13.7 Å². The van der Waals surface area contributed by atoms with E-state index in [1.54, 1.807) is 0 Å². The summed E-state index contributed by atoms with van der Waals surface area (Å²) < 4.78 is 7.44. The Bertz CT molecular complexity index is 949. The van der Waals surface area contributed by atoms with Gasteiger partial charge in [-0.1, -0.05) is 18.2 Å². The van der Waals surface area contributed by atoms with E-state index in [4.69, 9.17) is 4.74 Å². The monoisotopic (exact) mass is 368 g/mol. The SMILES string of the molecule is COC(=O)[C@@]12CC3C[C@H]([C@H](C)O)[C@@H]1N(C3)Cn1c2c(C=O)c2ccccc21. The fourth-order valence-corrected chi connectivity index (χ4v) is 6.29. The second-order valence-electron chi connectivity index (χ2n) is 8.36. The van der Waals surface area contributed by atoms with Gasteiger partial charge >= 0.3 is 5.97 Å². The molecule has 6 atom stereocenters. The molecule has 1 N–H and O–H groups in total. The molecular weight excluding hydrogens is 344 g/mol. The standard InChI is InChI=1S/C21H24N2O4/c1-12(25)15-7-13-8-21(20(26)27-2)18(15)22(9-13)11-23-17-6-4-3-5-14(17)16(10-24)19(21)23/h3-6,10,12-13,15,18,25H,7-9,11H2,1-2H3/t12-,13?,15+,18-,21-/m0/s1. The second kappa shape index (κ2) is 5.66. The van der Waals surface area contributed by atoms with Gasteiger partial charge in [0.25, 0.3) is 0 Å². The molecule has 3 fully saturated rings. The molecule has 4 aliphatic rings. The zero-order valence-corrected chi connectivity index (χ0v) is 15.6. The minimum absolute atomic E-state index is 0.0112. The van der Waals surface area contributed by atoms with Crippen molar-refractivity contribution in [1.29, 1.82) is 0 Å². The number of fused-ring (bicyclic) bond motifs is 4. The van der Waals surface area contributed by atoms with Crippen LogP contribution < -0.4 is 0 Å². The van der Waals surface area contributed by atoms with Gasteiger partial charge in [0.1, 0.15) is 5.41 Å². The van der Waals surface area contributed by atoms with E-state index in [0.29, 0.717) is 24.6 Å². The van der Waals surface area contributed by atoms with E-state index < -0.39 is 11.5 Å². The van der Waals surface area contributed by atoms with Crippen LogP contribution in [-0.4, -0.2) is 52.6 Å². The molecule has 1 aromatic carbocycles. The second-order valence-corrected chi connectivity index (χ2v) is 8.36. The molecule has 4 bridgehead atoms. The Kier molecular flexibility index (Phi) is 3.55. The summed E-state index contributed by atoms with van der Waals surface area (Å²) in [5, 5.41) is 11.4. The fraction of sp³-hybridized carbons (Fsp3) is 0.524.